The van der Waals surface area contributed by atoms with Gasteiger partial charge in [0, 0.05) is 28.9 Å². The molecule has 4 rings (SSSR count). The molecule has 182 valence electrons. The van der Waals surface area contributed by atoms with Crippen LogP contribution in [-0.2, 0) is 5.41 Å². The average molecular weight is 466 g/mol. The van der Waals surface area contributed by atoms with Crippen molar-refractivity contribution in [3.8, 4) is 23.0 Å². The largest absolute Gasteiger partial charge is 0.378 e. The summed E-state index contributed by atoms with van der Waals surface area (Å²) in [6.07, 6.45) is 10.8. The van der Waals surface area contributed by atoms with Gasteiger partial charge in [0.25, 0.3) is 0 Å². The molecule has 3 aromatic rings. The van der Waals surface area contributed by atoms with Gasteiger partial charge in [-0.25, -0.2) is 0 Å². The van der Waals surface area contributed by atoms with Crippen molar-refractivity contribution < 1.29 is 5.11 Å². The third kappa shape index (κ3) is 5.21. The van der Waals surface area contributed by atoms with Gasteiger partial charge < -0.3 is 5.11 Å². The number of benzene rings is 2. The van der Waals surface area contributed by atoms with E-state index < -0.39 is 5.60 Å². The highest BCUT2D eigenvalue weighted by molar-refractivity contribution is 5.68. The molecule has 1 heterocycles. The Balaban J connectivity index is 1.69. The number of nitrogens with zero attached hydrogens (tertiary/aromatic N) is 1. The van der Waals surface area contributed by atoms with Gasteiger partial charge in [-0.3, -0.25) is 4.98 Å². The number of hydrogen-bond acceptors (Lipinski definition) is 2. The summed E-state index contributed by atoms with van der Waals surface area (Å²) in [5, 5.41) is 10.8. The fourth-order valence-corrected chi connectivity index (χ4v) is 5.77. The number of aryl methyl sites for hydroxylation is 3. The molecule has 1 saturated carbocycles. The lowest BCUT2D eigenvalue weighted by atomic mass is 9.69. The Morgan fingerprint density at radius 3 is 2.11 bits per heavy atom. The van der Waals surface area contributed by atoms with Crippen LogP contribution in [0, 0.1) is 32.6 Å². The molecule has 0 aliphatic heterocycles. The van der Waals surface area contributed by atoms with Gasteiger partial charge in [-0.15, -0.1) is 0 Å². The predicted octanol–water partition coefficient (Wildman–Crippen LogP) is 7.83. The van der Waals surface area contributed by atoms with E-state index in [-0.39, 0.29) is 5.41 Å². The van der Waals surface area contributed by atoms with Crippen molar-refractivity contribution in [3.05, 3.63) is 88.2 Å². The standard InChI is InChI=1S/C33H39NO/c1-6-33(7-2,30-13-14-31(26(5)21-30)28-19-24(3)22-34-23-28)29-12-11-27(25(4)20-29)15-18-32(35)16-9-8-10-17-32/h11-14,19-23,35H,6-10,16-17H2,1-5H3. The van der Waals surface area contributed by atoms with Crippen LogP contribution in [0.4, 0.5) is 0 Å². The quantitative estimate of drug-likeness (QED) is 0.390. The van der Waals surface area contributed by atoms with Crippen molar-refractivity contribution in [1.29, 1.82) is 0 Å². The molecule has 0 atom stereocenters. The van der Waals surface area contributed by atoms with E-state index in [2.05, 4.69) is 93.9 Å². The summed E-state index contributed by atoms with van der Waals surface area (Å²) in [7, 11) is 0. The van der Waals surface area contributed by atoms with Crippen LogP contribution in [0.5, 0.6) is 0 Å². The second-order valence-corrected chi connectivity index (χ2v) is 10.4. The fraction of sp³-hybridized carbons (Fsp3) is 0.424. The van der Waals surface area contributed by atoms with Gasteiger partial charge in [0.1, 0.15) is 5.60 Å². The van der Waals surface area contributed by atoms with Crippen LogP contribution in [0.2, 0.25) is 0 Å². The van der Waals surface area contributed by atoms with Gasteiger partial charge in [-0.2, -0.15) is 0 Å². The van der Waals surface area contributed by atoms with Crippen LogP contribution < -0.4 is 0 Å². The second-order valence-electron chi connectivity index (χ2n) is 10.4. The Kier molecular flexibility index (Phi) is 7.48. The highest BCUT2D eigenvalue weighted by Gasteiger charge is 2.31. The van der Waals surface area contributed by atoms with Gasteiger partial charge >= 0.3 is 0 Å². The molecule has 1 aliphatic rings. The van der Waals surface area contributed by atoms with Gasteiger partial charge in [0.05, 0.1) is 0 Å². The van der Waals surface area contributed by atoms with Crippen LogP contribution in [0.25, 0.3) is 11.1 Å². The fourth-order valence-electron chi connectivity index (χ4n) is 5.77. The molecule has 0 unspecified atom stereocenters. The van der Waals surface area contributed by atoms with Crippen molar-refractivity contribution >= 4 is 0 Å². The van der Waals surface area contributed by atoms with E-state index in [4.69, 9.17) is 0 Å². The normalized spacial score (nSPS) is 15.4. The summed E-state index contributed by atoms with van der Waals surface area (Å²) in [5.74, 6) is 6.52. The molecule has 1 fully saturated rings. The molecule has 1 N–H and O–H groups in total. The van der Waals surface area contributed by atoms with Crippen LogP contribution in [0.3, 0.4) is 0 Å². The number of rotatable bonds is 5. The van der Waals surface area contributed by atoms with Crippen molar-refractivity contribution in [2.75, 3.05) is 0 Å². The van der Waals surface area contributed by atoms with Gasteiger partial charge in [0.2, 0.25) is 0 Å². The lowest BCUT2D eigenvalue weighted by Crippen LogP contribution is -2.29. The van der Waals surface area contributed by atoms with E-state index in [9.17, 15) is 5.11 Å². The summed E-state index contributed by atoms with van der Waals surface area (Å²) in [6.45, 7) is 11.0. The van der Waals surface area contributed by atoms with Crippen molar-refractivity contribution in [2.45, 2.75) is 90.6 Å². The molecule has 35 heavy (non-hydrogen) atoms. The van der Waals surface area contributed by atoms with Gasteiger partial charge in [-0.1, -0.05) is 62.4 Å². The molecular formula is C33H39NO. The number of aliphatic hydroxyl groups is 1. The monoisotopic (exact) mass is 465 g/mol. The maximum absolute atomic E-state index is 10.8. The summed E-state index contributed by atoms with van der Waals surface area (Å²) in [5.41, 5.74) is 8.91. The zero-order valence-electron chi connectivity index (χ0n) is 22.0. The Hall–Kier alpha value is -2.89. The predicted molar refractivity (Wildman–Crippen MR) is 147 cm³/mol. The minimum Gasteiger partial charge on any atom is -0.378 e. The lowest BCUT2D eigenvalue weighted by Gasteiger charge is -2.34. The van der Waals surface area contributed by atoms with Crippen LogP contribution in [0.1, 0.15) is 92.2 Å². The van der Waals surface area contributed by atoms with Crippen LogP contribution in [0.15, 0.2) is 54.9 Å². The highest BCUT2D eigenvalue weighted by Crippen LogP contribution is 2.41. The highest BCUT2D eigenvalue weighted by atomic mass is 16.3. The molecule has 1 aromatic heterocycles. The molecule has 0 amide bonds. The Morgan fingerprint density at radius 2 is 1.51 bits per heavy atom. The molecule has 2 aromatic carbocycles. The molecule has 0 spiro atoms. The maximum atomic E-state index is 10.8. The first-order valence-corrected chi connectivity index (χ1v) is 13.2. The third-order valence-corrected chi connectivity index (χ3v) is 8.06. The van der Waals surface area contributed by atoms with E-state index in [1.807, 2.05) is 12.4 Å². The maximum Gasteiger partial charge on any atom is 0.125 e. The van der Waals surface area contributed by atoms with Crippen LogP contribution >= 0.6 is 0 Å². The first-order valence-electron chi connectivity index (χ1n) is 13.2. The first-order chi connectivity index (χ1) is 16.8. The van der Waals surface area contributed by atoms with Gasteiger partial charge in [0.15, 0.2) is 0 Å². The van der Waals surface area contributed by atoms with E-state index in [0.29, 0.717) is 0 Å². The molecule has 0 saturated heterocycles. The summed E-state index contributed by atoms with van der Waals surface area (Å²) in [4.78, 5) is 4.39. The molecule has 0 radical (unpaired) electrons. The van der Waals surface area contributed by atoms with E-state index in [1.54, 1.807) is 0 Å². The topological polar surface area (TPSA) is 33.1 Å². The summed E-state index contributed by atoms with van der Waals surface area (Å²) < 4.78 is 0. The SMILES string of the molecule is CCC(CC)(c1ccc(C#CC2(O)CCCCC2)c(C)c1)c1ccc(-c2cncc(C)c2)c(C)c1. The second kappa shape index (κ2) is 10.4. The first kappa shape index (κ1) is 25.2. The van der Waals surface area contributed by atoms with Crippen molar-refractivity contribution in [3.63, 3.8) is 0 Å². The number of hydrogen-bond donors (Lipinski definition) is 1. The molecule has 1 aliphatic carbocycles. The third-order valence-electron chi connectivity index (χ3n) is 8.06. The molecular weight excluding hydrogens is 426 g/mol. The Labute approximate surface area is 211 Å². The number of aromatic nitrogens is 1. The zero-order valence-corrected chi connectivity index (χ0v) is 22.0. The number of pyridine rings is 1. The van der Waals surface area contributed by atoms with Crippen molar-refractivity contribution in [1.82, 2.24) is 4.98 Å². The zero-order chi connectivity index (χ0) is 25.1. The van der Waals surface area contributed by atoms with E-state index in [1.165, 1.54) is 45.4 Å². The van der Waals surface area contributed by atoms with Crippen LogP contribution in [-0.4, -0.2) is 15.7 Å². The Bertz CT molecular complexity index is 1250. The van der Waals surface area contributed by atoms with Gasteiger partial charge in [-0.05, 0) is 105 Å². The van der Waals surface area contributed by atoms with Crippen molar-refractivity contribution in [2.24, 2.45) is 0 Å². The summed E-state index contributed by atoms with van der Waals surface area (Å²) in [6, 6.07) is 15.9. The molecule has 2 nitrogen and oxygen atoms in total. The minimum absolute atomic E-state index is 0.0492. The van der Waals surface area contributed by atoms with E-state index in [0.717, 1.165) is 44.1 Å². The lowest BCUT2D eigenvalue weighted by molar-refractivity contribution is 0.0610. The minimum atomic E-state index is -0.813. The molecule has 0 bridgehead atoms. The summed E-state index contributed by atoms with van der Waals surface area (Å²) >= 11 is 0. The molecule has 2 heteroatoms. The average Bonchev–Trinajstić information content (AvgIpc) is 2.85. The van der Waals surface area contributed by atoms with E-state index >= 15 is 0 Å². The smallest absolute Gasteiger partial charge is 0.125 e. The Morgan fingerprint density at radius 1 is 0.857 bits per heavy atom.